The number of benzene rings is 2. The summed E-state index contributed by atoms with van der Waals surface area (Å²) in [6.07, 6.45) is 8.71. The van der Waals surface area contributed by atoms with E-state index in [4.69, 9.17) is 19.2 Å². The van der Waals surface area contributed by atoms with Crippen LogP contribution in [0.15, 0.2) is 55.0 Å². The molecule has 1 atom stereocenters. The maximum absolute atomic E-state index is 10.7. The van der Waals surface area contributed by atoms with E-state index in [0.717, 1.165) is 59.5 Å². The number of anilines is 2. The molecule has 9 nitrogen and oxygen atoms in total. The molecule has 2 aromatic heterocycles. The van der Waals surface area contributed by atoms with E-state index in [0.29, 0.717) is 18.0 Å². The molecule has 4 aromatic rings. The predicted octanol–water partition coefficient (Wildman–Crippen LogP) is 5.12. The first kappa shape index (κ1) is 25.0. The number of hydrogen-bond donors (Lipinski definition) is 1. The standard InChI is InChI=1S/C28H33N5O4/c1-28(2,34)18-32(21-11-22(35-3)14-23(12-21)36-4)20-8-9-24-25(13-20)31-26(16-29-24)19-15-30-33(17-19)27-7-5-6-10-37-27/h8-9,11-17,27,34H,5-7,10,18H2,1-4H3. The minimum atomic E-state index is -0.964. The third-order valence-electron chi connectivity index (χ3n) is 6.38. The Morgan fingerprint density at radius 3 is 2.49 bits per heavy atom. The molecule has 2 aromatic carbocycles. The summed E-state index contributed by atoms with van der Waals surface area (Å²) in [5.41, 5.74) is 3.88. The number of hydrogen-bond acceptors (Lipinski definition) is 8. The number of nitrogens with zero attached hydrogens (tertiary/aromatic N) is 5. The van der Waals surface area contributed by atoms with Crippen LogP contribution in [0, 0.1) is 0 Å². The molecule has 194 valence electrons. The molecule has 1 N–H and O–H groups in total. The number of methoxy groups -OCH3 is 2. The molecule has 1 saturated heterocycles. The number of aromatic nitrogens is 4. The van der Waals surface area contributed by atoms with Gasteiger partial charge in [0.25, 0.3) is 0 Å². The van der Waals surface area contributed by atoms with Gasteiger partial charge in [-0.3, -0.25) is 4.98 Å². The Hall–Kier alpha value is -3.69. The van der Waals surface area contributed by atoms with Crippen LogP contribution < -0.4 is 14.4 Å². The van der Waals surface area contributed by atoms with Crippen LogP contribution in [0.3, 0.4) is 0 Å². The fourth-order valence-electron chi connectivity index (χ4n) is 4.53. The van der Waals surface area contributed by atoms with Gasteiger partial charge < -0.3 is 24.2 Å². The second-order valence-electron chi connectivity index (χ2n) is 9.93. The number of fused-ring (bicyclic) bond motifs is 1. The second-order valence-corrected chi connectivity index (χ2v) is 9.93. The van der Waals surface area contributed by atoms with Crippen LogP contribution in [0.5, 0.6) is 11.5 Å². The molecule has 0 radical (unpaired) electrons. The van der Waals surface area contributed by atoms with Crippen molar-refractivity contribution in [3.63, 3.8) is 0 Å². The summed E-state index contributed by atoms with van der Waals surface area (Å²) in [6, 6.07) is 11.6. The zero-order valence-electron chi connectivity index (χ0n) is 21.7. The molecule has 1 aliphatic rings. The summed E-state index contributed by atoms with van der Waals surface area (Å²) >= 11 is 0. The predicted molar refractivity (Wildman–Crippen MR) is 142 cm³/mol. The van der Waals surface area contributed by atoms with E-state index in [9.17, 15) is 5.11 Å². The first-order chi connectivity index (χ1) is 17.8. The fraction of sp³-hybridized carbons (Fsp3) is 0.393. The molecule has 0 amide bonds. The topological polar surface area (TPSA) is 94.8 Å². The maximum Gasteiger partial charge on any atom is 0.150 e. The summed E-state index contributed by atoms with van der Waals surface area (Å²) < 4.78 is 18.7. The lowest BCUT2D eigenvalue weighted by Crippen LogP contribution is -2.36. The van der Waals surface area contributed by atoms with Gasteiger partial charge in [-0.2, -0.15) is 5.10 Å². The van der Waals surface area contributed by atoms with Gasteiger partial charge in [0, 0.05) is 47.9 Å². The van der Waals surface area contributed by atoms with Gasteiger partial charge >= 0.3 is 0 Å². The van der Waals surface area contributed by atoms with Gasteiger partial charge in [0.15, 0.2) is 0 Å². The quantitative estimate of drug-likeness (QED) is 0.354. The van der Waals surface area contributed by atoms with Crippen molar-refractivity contribution < 1.29 is 19.3 Å². The fourth-order valence-corrected chi connectivity index (χ4v) is 4.53. The molecular formula is C28H33N5O4. The molecule has 0 saturated carbocycles. The zero-order chi connectivity index (χ0) is 26.0. The van der Waals surface area contributed by atoms with Crippen molar-refractivity contribution in [2.45, 2.75) is 44.9 Å². The SMILES string of the molecule is COc1cc(OC)cc(N(CC(C)(C)O)c2ccc3ncc(-c4cnn(C5CCCCO5)c4)nc3c2)c1. The highest BCUT2D eigenvalue weighted by atomic mass is 16.5. The Morgan fingerprint density at radius 1 is 1.03 bits per heavy atom. The van der Waals surface area contributed by atoms with Gasteiger partial charge in [0.05, 0.1) is 55.5 Å². The highest BCUT2D eigenvalue weighted by molar-refractivity contribution is 5.82. The summed E-state index contributed by atoms with van der Waals surface area (Å²) in [5, 5.41) is 15.2. The van der Waals surface area contributed by atoms with Crippen LogP contribution >= 0.6 is 0 Å². The van der Waals surface area contributed by atoms with Crippen molar-refractivity contribution in [3.05, 3.63) is 55.0 Å². The maximum atomic E-state index is 10.7. The average Bonchev–Trinajstić information content (AvgIpc) is 3.41. The molecule has 1 unspecified atom stereocenters. The van der Waals surface area contributed by atoms with Crippen molar-refractivity contribution in [2.24, 2.45) is 0 Å². The van der Waals surface area contributed by atoms with Crippen molar-refractivity contribution in [1.82, 2.24) is 19.7 Å². The lowest BCUT2D eigenvalue weighted by Gasteiger charge is -2.31. The molecule has 3 heterocycles. The van der Waals surface area contributed by atoms with E-state index in [2.05, 4.69) is 10.1 Å². The van der Waals surface area contributed by atoms with E-state index in [1.54, 1.807) is 40.5 Å². The minimum absolute atomic E-state index is 0.0298. The first-order valence-corrected chi connectivity index (χ1v) is 12.5. The molecule has 1 fully saturated rings. The van der Waals surface area contributed by atoms with Crippen LogP contribution in [0.25, 0.3) is 22.3 Å². The second kappa shape index (κ2) is 10.4. The molecule has 37 heavy (non-hydrogen) atoms. The summed E-state index contributed by atoms with van der Waals surface area (Å²) in [7, 11) is 3.24. The summed E-state index contributed by atoms with van der Waals surface area (Å²) in [4.78, 5) is 11.6. The van der Waals surface area contributed by atoms with E-state index in [1.165, 1.54) is 0 Å². The highest BCUT2D eigenvalue weighted by Crippen LogP contribution is 2.35. The van der Waals surface area contributed by atoms with Gasteiger partial charge in [0.2, 0.25) is 0 Å². The monoisotopic (exact) mass is 503 g/mol. The Labute approximate surface area is 216 Å². The van der Waals surface area contributed by atoms with Gasteiger partial charge in [0.1, 0.15) is 17.7 Å². The highest BCUT2D eigenvalue weighted by Gasteiger charge is 2.22. The van der Waals surface area contributed by atoms with Crippen molar-refractivity contribution in [3.8, 4) is 22.8 Å². The van der Waals surface area contributed by atoms with Crippen LogP contribution in [0.2, 0.25) is 0 Å². The van der Waals surface area contributed by atoms with Crippen molar-refractivity contribution in [2.75, 3.05) is 32.3 Å². The molecular weight excluding hydrogens is 470 g/mol. The van der Waals surface area contributed by atoms with Crippen molar-refractivity contribution >= 4 is 22.4 Å². The largest absolute Gasteiger partial charge is 0.497 e. The lowest BCUT2D eigenvalue weighted by atomic mass is 10.1. The third kappa shape index (κ3) is 5.68. The van der Waals surface area contributed by atoms with Crippen LogP contribution in [-0.4, -0.2) is 57.8 Å². The van der Waals surface area contributed by atoms with Gasteiger partial charge in [-0.15, -0.1) is 0 Å². The lowest BCUT2D eigenvalue weighted by molar-refractivity contribution is -0.0394. The zero-order valence-corrected chi connectivity index (χ0v) is 21.7. The third-order valence-corrected chi connectivity index (χ3v) is 6.38. The van der Waals surface area contributed by atoms with E-state index >= 15 is 0 Å². The van der Waals surface area contributed by atoms with E-state index in [-0.39, 0.29) is 6.23 Å². The number of rotatable bonds is 8. The summed E-state index contributed by atoms with van der Waals surface area (Å²) in [5.74, 6) is 1.33. The van der Waals surface area contributed by atoms with Crippen LogP contribution in [0.1, 0.15) is 39.3 Å². The Kier molecular flexibility index (Phi) is 6.99. The minimum Gasteiger partial charge on any atom is -0.497 e. The Bertz CT molecular complexity index is 1350. The first-order valence-electron chi connectivity index (χ1n) is 12.5. The normalized spacial score (nSPS) is 16.1. The molecule has 9 heteroatoms. The Morgan fingerprint density at radius 2 is 1.81 bits per heavy atom. The van der Waals surface area contributed by atoms with E-state index < -0.39 is 5.60 Å². The van der Waals surface area contributed by atoms with Crippen molar-refractivity contribution in [1.29, 1.82) is 0 Å². The van der Waals surface area contributed by atoms with Gasteiger partial charge in [-0.05, 0) is 51.3 Å². The van der Waals surface area contributed by atoms with Crippen LogP contribution in [0.4, 0.5) is 11.4 Å². The molecule has 0 bridgehead atoms. The Balaban J connectivity index is 1.52. The molecule has 1 aliphatic heterocycles. The summed E-state index contributed by atoms with van der Waals surface area (Å²) in [6.45, 7) is 4.67. The number of ether oxygens (including phenoxy) is 3. The van der Waals surface area contributed by atoms with Gasteiger partial charge in [-0.25, -0.2) is 9.67 Å². The molecule has 0 spiro atoms. The molecule has 5 rings (SSSR count). The number of aliphatic hydroxyl groups is 1. The smallest absolute Gasteiger partial charge is 0.150 e. The molecule has 0 aliphatic carbocycles. The van der Waals surface area contributed by atoms with E-state index in [1.807, 2.05) is 52.2 Å². The van der Waals surface area contributed by atoms with Gasteiger partial charge in [-0.1, -0.05) is 0 Å². The average molecular weight is 504 g/mol. The van der Waals surface area contributed by atoms with Crippen LogP contribution in [-0.2, 0) is 4.74 Å².